The predicted molar refractivity (Wildman–Crippen MR) is 88.5 cm³/mol. The van der Waals surface area contributed by atoms with Gasteiger partial charge in [-0.25, -0.2) is 4.39 Å². The Hall–Kier alpha value is -2.11. The van der Waals surface area contributed by atoms with E-state index in [9.17, 15) is 14.0 Å². The molecule has 1 saturated carbocycles. The first-order valence-corrected chi connectivity index (χ1v) is 8.35. The number of hydrogen-bond acceptors (Lipinski definition) is 3. The van der Waals surface area contributed by atoms with Gasteiger partial charge in [-0.2, -0.15) is 0 Å². The summed E-state index contributed by atoms with van der Waals surface area (Å²) in [6.07, 6.45) is 2.59. The van der Waals surface area contributed by atoms with Gasteiger partial charge in [-0.1, -0.05) is 32.4 Å². The maximum atomic E-state index is 13.5. The summed E-state index contributed by atoms with van der Waals surface area (Å²) in [5, 5.41) is 0. The Morgan fingerprint density at radius 2 is 1.88 bits per heavy atom. The number of halogens is 1. The lowest BCUT2D eigenvalue weighted by atomic mass is 9.64. The van der Waals surface area contributed by atoms with E-state index in [-0.39, 0.29) is 17.1 Å². The quantitative estimate of drug-likeness (QED) is 0.785. The summed E-state index contributed by atoms with van der Waals surface area (Å²) in [5.74, 6) is -0.803. The first-order valence-electron chi connectivity index (χ1n) is 8.35. The van der Waals surface area contributed by atoms with Crippen molar-refractivity contribution in [3.8, 4) is 5.75 Å². The van der Waals surface area contributed by atoms with Crippen molar-refractivity contribution in [3.63, 3.8) is 0 Å². The molecule has 2 rings (SSSR count). The second-order valence-corrected chi connectivity index (χ2v) is 6.87. The van der Waals surface area contributed by atoms with Gasteiger partial charge in [0.05, 0.1) is 5.41 Å². The zero-order valence-electron chi connectivity index (χ0n) is 14.4. The van der Waals surface area contributed by atoms with E-state index in [1.54, 1.807) is 12.1 Å². The van der Waals surface area contributed by atoms with Crippen LogP contribution in [0.25, 0.3) is 0 Å². The van der Waals surface area contributed by atoms with E-state index >= 15 is 0 Å². The molecule has 0 bridgehead atoms. The Balaban J connectivity index is 1.86. The molecule has 1 aromatic carbocycles. The first-order chi connectivity index (χ1) is 11.3. The molecule has 0 spiro atoms. The SMILES string of the molecule is CC(C)CC1(C(=O)NNC(=O)[C@@H](C)Oc2ccccc2F)CCC1. The monoisotopic (exact) mass is 336 g/mol. The fourth-order valence-electron chi connectivity index (χ4n) is 3.05. The van der Waals surface area contributed by atoms with E-state index in [1.807, 2.05) is 0 Å². The highest BCUT2D eigenvalue weighted by molar-refractivity contribution is 5.87. The molecule has 0 radical (unpaired) electrons. The van der Waals surface area contributed by atoms with E-state index in [1.165, 1.54) is 19.1 Å². The minimum absolute atomic E-state index is 0.00162. The van der Waals surface area contributed by atoms with E-state index in [0.29, 0.717) is 5.92 Å². The normalized spacial score (nSPS) is 16.9. The number of para-hydroxylation sites is 1. The van der Waals surface area contributed by atoms with Crippen molar-refractivity contribution in [2.45, 2.75) is 52.6 Å². The third kappa shape index (κ3) is 4.24. The largest absolute Gasteiger partial charge is 0.478 e. The molecule has 1 atom stereocenters. The van der Waals surface area contributed by atoms with Crippen molar-refractivity contribution in [1.82, 2.24) is 10.9 Å². The Bertz CT molecular complexity index is 600. The fourth-order valence-corrected chi connectivity index (χ4v) is 3.05. The van der Waals surface area contributed by atoms with Gasteiger partial charge in [0.2, 0.25) is 5.91 Å². The van der Waals surface area contributed by atoms with Gasteiger partial charge in [0, 0.05) is 0 Å². The summed E-state index contributed by atoms with van der Waals surface area (Å²) in [6, 6.07) is 5.87. The summed E-state index contributed by atoms with van der Waals surface area (Å²) < 4.78 is 18.8. The van der Waals surface area contributed by atoms with Crippen LogP contribution in [0.5, 0.6) is 5.75 Å². The molecule has 5 nitrogen and oxygen atoms in total. The topological polar surface area (TPSA) is 67.4 Å². The molecule has 2 N–H and O–H groups in total. The number of hydrazine groups is 1. The van der Waals surface area contributed by atoms with Crippen molar-refractivity contribution in [3.05, 3.63) is 30.1 Å². The van der Waals surface area contributed by atoms with Gasteiger partial charge in [0.15, 0.2) is 17.7 Å². The van der Waals surface area contributed by atoms with Gasteiger partial charge in [0.1, 0.15) is 0 Å². The number of carbonyl (C=O) groups excluding carboxylic acids is 2. The highest BCUT2D eigenvalue weighted by atomic mass is 19.1. The van der Waals surface area contributed by atoms with Crippen LogP contribution in [0.1, 0.15) is 46.5 Å². The standard InChI is InChI=1S/C18H25FN2O3/c1-12(2)11-18(9-6-10-18)17(23)21-20-16(22)13(3)24-15-8-5-4-7-14(15)19/h4-5,7-8,12-13H,6,9-11H2,1-3H3,(H,20,22)(H,21,23)/t13-/m1/s1. The predicted octanol–water partition coefficient (Wildman–Crippen LogP) is 2.96. The van der Waals surface area contributed by atoms with Gasteiger partial charge in [0.25, 0.3) is 5.91 Å². The van der Waals surface area contributed by atoms with Crippen molar-refractivity contribution in [2.24, 2.45) is 11.3 Å². The number of hydrogen-bond donors (Lipinski definition) is 2. The third-order valence-electron chi connectivity index (χ3n) is 4.40. The molecule has 6 heteroatoms. The minimum atomic E-state index is -0.926. The molecule has 2 amide bonds. The van der Waals surface area contributed by atoms with Crippen LogP contribution in [0.4, 0.5) is 4.39 Å². The maximum absolute atomic E-state index is 13.5. The zero-order valence-corrected chi connectivity index (χ0v) is 14.4. The number of ether oxygens (including phenoxy) is 1. The molecule has 1 fully saturated rings. The van der Waals surface area contributed by atoms with Crippen LogP contribution >= 0.6 is 0 Å². The van der Waals surface area contributed by atoms with Gasteiger partial charge >= 0.3 is 0 Å². The van der Waals surface area contributed by atoms with E-state index in [2.05, 4.69) is 24.7 Å². The Labute approximate surface area is 141 Å². The molecule has 1 aliphatic carbocycles. The smallest absolute Gasteiger partial charge is 0.279 e. The van der Waals surface area contributed by atoms with Gasteiger partial charge < -0.3 is 4.74 Å². The molecule has 0 aromatic heterocycles. The Morgan fingerprint density at radius 1 is 1.21 bits per heavy atom. The van der Waals surface area contributed by atoms with E-state index in [4.69, 9.17) is 4.74 Å². The van der Waals surface area contributed by atoms with Crippen LogP contribution in [0.3, 0.4) is 0 Å². The van der Waals surface area contributed by atoms with Crippen LogP contribution < -0.4 is 15.6 Å². The Kier molecular flexibility index (Phi) is 5.80. The molecule has 0 heterocycles. The number of benzene rings is 1. The second kappa shape index (κ2) is 7.64. The number of nitrogens with one attached hydrogen (secondary N) is 2. The van der Waals surface area contributed by atoms with Crippen LogP contribution in [0, 0.1) is 17.2 Å². The number of carbonyl (C=O) groups is 2. The lowest BCUT2D eigenvalue weighted by Crippen LogP contribution is -2.54. The first kappa shape index (κ1) is 18.2. The molecular formula is C18H25FN2O3. The molecule has 24 heavy (non-hydrogen) atoms. The van der Waals surface area contributed by atoms with Crippen LogP contribution in [0.2, 0.25) is 0 Å². The van der Waals surface area contributed by atoms with Gasteiger partial charge in [-0.3, -0.25) is 20.4 Å². The maximum Gasteiger partial charge on any atom is 0.279 e. The highest BCUT2D eigenvalue weighted by Crippen LogP contribution is 2.45. The molecule has 1 aliphatic rings. The molecule has 0 aliphatic heterocycles. The fraction of sp³-hybridized carbons (Fsp3) is 0.556. The lowest BCUT2D eigenvalue weighted by molar-refractivity contribution is -0.142. The van der Waals surface area contributed by atoms with E-state index in [0.717, 1.165) is 25.7 Å². The number of amides is 2. The van der Waals surface area contributed by atoms with Gasteiger partial charge in [-0.05, 0) is 44.2 Å². The summed E-state index contributed by atoms with van der Waals surface area (Å²) in [5.41, 5.74) is 4.50. The highest BCUT2D eigenvalue weighted by Gasteiger charge is 2.44. The molecule has 0 saturated heterocycles. The molecule has 132 valence electrons. The summed E-state index contributed by atoms with van der Waals surface area (Å²) in [7, 11) is 0. The van der Waals surface area contributed by atoms with Crippen molar-refractivity contribution < 1.29 is 18.7 Å². The van der Waals surface area contributed by atoms with Crippen LogP contribution in [-0.4, -0.2) is 17.9 Å². The average molecular weight is 336 g/mol. The van der Waals surface area contributed by atoms with Crippen molar-refractivity contribution in [1.29, 1.82) is 0 Å². The number of rotatable bonds is 6. The van der Waals surface area contributed by atoms with Crippen molar-refractivity contribution in [2.75, 3.05) is 0 Å². The van der Waals surface area contributed by atoms with Gasteiger partial charge in [-0.15, -0.1) is 0 Å². The molecule has 1 aromatic rings. The van der Waals surface area contributed by atoms with Crippen molar-refractivity contribution >= 4 is 11.8 Å². The zero-order chi connectivity index (χ0) is 17.7. The minimum Gasteiger partial charge on any atom is -0.478 e. The van der Waals surface area contributed by atoms with Crippen LogP contribution in [-0.2, 0) is 9.59 Å². The molecule has 0 unspecified atom stereocenters. The average Bonchev–Trinajstić information content (AvgIpc) is 2.50. The second-order valence-electron chi connectivity index (χ2n) is 6.87. The van der Waals surface area contributed by atoms with Crippen LogP contribution in [0.15, 0.2) is 24.3 Å². The Morgan fingerprint density at radius 3 is 2.42 bits per heavy atom. The summed E-state index contributed by atoms with van der Waals surface area (Å²) >= 11 is 0. The van der Waals surface area contributed by atoms with E-state index < -0.39 is 17.8 Å². The summed E-state index contributed by atoms with van der Waals surface area (Å²) in [4.78, 5) is 24.4. The lowest BCUT2D eigenvalue weighted by Gasteiger charge is -2.41. The molecular weight excluding hydrogens is 311 g/mol. The third-order valence-corrected chi connectivity index (χ3v) is 4.40. The summed E-state index contributed by atoms with van der Waals surface area (Å²) in [6.45, 7) is 5.66.